The lowest BCUT2D eigenvalue weighted by Crippen LogP contribution is -2.51. The summed E-state index contributed by atoms with van der Waals surface area (Å²) >= 11 is 1.39. The molecule has 1 aliphatic rings. The fraction of sp³-hybridized carbons (Fsp3) is 0.545. The van der Waals surface area contributed by atoms with Crippen LogP contribution in [0, 0.1) is 6.92 Å². The largest absolute Gasteiger partial charge is 0.416 e. The van der Waals surface area contributed by atoms with Gasteiger partial charge in [0, 0.05) is 18.1 Å². The van der Waals surface area contributed by atoms with Crippen molar-refractivity contribution in [1.29, 1.82) is 0 Å². The number of thiazole rings is 1. The molecule has 1 aromatic carbocycles. The number of ether oxygens (including phenoxy) is 1. The minimum atomic E-state index is -4.58. The van der Waals surface area contributed by atoms with Crippen molar-refractivity contribution in [1.82, 2.24) is 4.98 Å². The number of aromatic nitrogens is 1. The first-order valence-corrected chi connectivity index (χ1v) is 12.5. The number of benzene rings is 1. The van der Waals surface area contributed by atoms with E-state index in [1.807, 2.05) is 27.7 Å². The van der Waals surface area contributed by atoms with Crippen molar-refractivity contribution in [3.63, 3.8) is 0 Å². The van der Waals surface area contributed by atoms with Crippen LogP contribution in [0.4, 0.5) is 13.2 Å². The summed E-state index contributed by atoms with van der Waals surface area (Å²) in [4.78, 5) is 18.7. The number of Topliss-reactive ketones (excluding diaryl/α,β-unsaturated/α-hetero) is 1. The molecular formula is C22H26F3NO4S2. The fourth-order valence-corrected chi connectivity index (χ4v) is 7.11. The van der Waals surface area contributed by atoms with E-state index in [2.05, 4.69) is 4.98 Å². The molecule has 0 aliphatic carbocycles. The fourth-order valence-electron chi connectivity index (χ4n) is 3.97. The SMILES string of the molecule is Cc1nc(CC(=O)C2(S(=O)(=O)c3ccc(C(F)(F)F)cc3)CCOCC2)sc1C(C)(C)C. The number of alkyl halides is 3. The highest BCUT2D eigenvalue weighted by atomic mass is 32.2. The number of hydrogen-bond acceptors (Lipinski definition) is 6. The average molecular weight is 490 g/mol. The zero-order valence-electron chi connectivity index (χ0n) is 18.4. The molecule has 5 nitrogen and oxygen atoms in total. The third-order valence-corrected chi connectivity index (χ3v) is 9.79. The lowest BCUT2D eigenvalue weighted by Gasteiger charge is -2.35. The number of carbonyl (C=O) groups excluding carboxylic acids is 1. The van der Waals surface area contributed by atoms with E-state index >= 15 is 0 Å². The number of aryl methyl sites for hydroxylation is 1. The van der Waals surface area contributed by atoms with Crippen LogP contribution in [0.2, 0.25) is 0 Å². The predicted octanol–water partition coefficient (Wildman–Crippen LogP) is 4.90. The molecule has 0 bridgehead atoms. The second kappa shape index (κ2) is 8.53. The van der Waals surface area contributed by atoms with Crippen LogP contribution in [0.15, 0.2) is 29.2 Å². The summed E-state index contributed by atoms with van der Waals surface area (Å²) in [6, 6.07) is 3.30. The van der Waals surface area contributed by atoms with Crippen LogP contribution in [0.5, 0.6) is 0 Å². The molecule has 0 radical (unpaired) electrons. The van der Waals surface area contributed by atoms with E-state index in [1.54, 1.807) is 0 Å². The van der Waals surface area contributed by atoms with Gasteiger partial charge in [-0.25, -0.2) is 13.4 Å². The van der Waals surface area contributed by atoms with Gasteiger partial charge in [0.15, 0.2) is 15.6 Å². The van der Waals surface area contributed by atoms with E-state index < -0.39 is 32.1 Å². The minimum Gasteiger partial charge on any atom is -0.381 e. The normalized spacial score (nSPS) is 17.3. The molecule has 2 aromatic rings. The number of nitrogens with zero attached hydrogens (tertiary/aromatic N) is 1. The summed E-state index contributed by atoms with van der Waals surface area (Å²) in [5.41, 5.74) is -0.306. The summed E-state index contributed by atoms with van der Waals surface area (Å²) in [5.74, 6) is -0.505. The van der Waals surface area contributed by atoms with Crippen molar-refractivity contribution >= 4 is 27.0 Å². The van der Waals surface area contributed by atoms with Gasteiger partial charge >= 0.3 is 6.18 Å². The van der Waals surface area contributed by atoms with Crippen LogP contribution in [0.25, 0.3) is 0 Å². The van der Waals surface area contributed by atoms with E-state index in [0.717, 1.165) is 34.8 Å². The van der Waals surface area contributed by atoms with Crippen molar-refractivity contribution < 1.29 is 31.1 Å². The van der Waals surface area contributed by atoms with Crippen molar-refractivity contribution in [2.24, 2.45) is 0 Å². The van der Waals surface area contributed by atoms with Crippen LogP contribution in [0.3, 0.4) is 0 Å². The number of sulfone groups is 1. The predicted molar refractivity (Wildman–Crippen MR) is 116 cm³/mol. The molecule has 1 aromatic heterocycles. The lowest BCUT2D eigenvalue weighted by atomic mass is 9.92. The molecule has 1 aliphatic heterocycles. The quantitative estimate of drug-likeness (QED) is 0.597. The van der Waals surface area contributed by atoms with Gasteiger partial charge in [0.2, 0.25) is 0 Å². The molecule has 32 heavy (non-hydrogen) atoms. The van der Waals surface area contributed by atoms with Gasteiger partial charge in [0.05, 0.1) is 22.6 Å². The zero-order valence-corrected chi connectivity index (χ0v) is 20.0. The van der Waals surface area contributed by atoms with Gasteiger partial charge in [-0.3, -0.25) is 4.79 Å². The van der Waals surface area contributed by atoms with E-state index in [9.17, 15) is 26.4 Å². The standard InChI is InChI=1S/C22H26F3NO4S2/c1-14-19(20(2,3)4)31-18(26-14)13-17(27)21(9-11-30-12-10-21)32(28,29)16-7-5-15(6-8-16)22(23,24)25/h5-8H,9-13H2,1-4H3. The van der Waals surface area contributed by atoms with Crippen LogP contribution in [-0.4, -0.2) is 37.1 Å². The molecular weight excluding hydrogens is 463 g/mol. The number of carbonyl (C=O) groups is 1. The lowest BCUT2D eigenvalue weighted by molar-refractivity contribution is -0.137. The molecule has 1 saturated heterocycles. The van der Waals surface area contributed by atoms with E-state index in [-0.39, 0.29) is 42.8 Å². The van der Waals surface area contributed by atoms with E-state index in [4.69, 9.17) is 4.74 Å². The van der Waals surface area contributed by atoms with Gasteiger partial charge in [-0.15, -0.1) is 11.3 Å². The van der Waals surface area contributed by atoms with E-state index in [0.29, 0.717) is 5.01 Å². The minimum absolute atomic E-state index is 0.0499. The Balaban J connectivity index is 1.98. The number of ketones is 1. The molecule has 10 heteroatoms. The molecule has 0 saturated carbocycles. The van der Waals surface area contributed by atoms with Gasteiger partial charge < -0.3 is 4.74 Å². The van der Waals surface area contributed by atoms with Gasteiger partial charge in [0.1, 0.15) is 9.75 Å². The molecule has 0 spiro atoms. The summed E-state index contributed by atoms with van der Waals surface area (Å²) in [7, 11) is -4.26. The molecule has 0 N–H and O–H groups in total. The maximum absolute atomic E-state index is 13.6. The summed E-state index contributed by atoms with van der Waals surface area (Å²) in [6.45, 7) is 8.12. The van der Waals surface area contributed by atoms with Crippen LogP contribution >= 0.6 is 11.3 Å². The van der Waals surface area contributed by atoms with Crippen molar-refractivity contribution in [2.75, 3.05) is 13.2 Å². The van der Waals surface area contributed by atoms with Crippen LogP contribution in [0.1, 0.15) is 54.8 Å². The van der Waals surface area contributed by atoms with Crippen molar-refractivity contribution in [2.45, 2.75) is 68.2 Å². The Labute approximate surface area is 189 Å². The second-order valence-electron chi connectivity index (χ2n) is 9.00. The molecule has 2 heterocycles. The molecule has 0 atom stereocenters. The third-order valence-electron chi connectivity index (χ3n) is 5.65. The average Bonchev–Trinajstić information content (AvgIpc) is 3.08. The molecule has 0 amide bonds. The monoisotopic (exact) mass is 489 g/mol. The van der Waals surface area contributed by atoms with Crippen molar-refractivity contribution in [3.8, 4) is 0 Å². The second-order valence-corrected chi connectivity index (χ2v) is 12.3. The first-order chi connectivity index (χ1) is 14.7. The maximum atomic E-state index is 13.6. The Bertz CT molecular complexity index is 1090. The van der Waals surface area contributed by atoms with Gasteiger partial charge in [-0.05, 0) is 49.4 Å². The smallest absolute Gasteiger partial charge is 0.381 e. The van der Waals surface area contributed by atoms with Gasteiger partial charge in [-0.1, -0.05) is 20.8 Å². The first-order valence-electron chi connectivity index (χ1n) is 10.2. The van der Waals surface area contributed by atoms with Crippen molar-refractivity contribution in [3.05, 3.63) is 45.4 Å². The maximum Gasteiger partial charge on any atom is 0.416 e. The molecule has 1 fully saturated rings. The summed E-state index contributed by atoms with van der Waals surface area (Å²) in [5, 5.41) is 0.533. The topological polar surface area (TPSA) is 73.3 Å². The Morgan fingerprint density at radius 1 is 1.12 bits per heavy atom. The zero-order chi connectivity index (χ0) is 23.9. The first kappa shape index (κ1) is 24.9. The van der Waals surface area contributed by atoms with Crippen LogP contribution in [-0.2, 0) is 37.4 Å². The number of hydrogen-bond donors (Lipinski definition) is 0. The summed E-state index contributed by atoms with van der Waals surface area (Å²) in [6.07, 6.45) is -4.83. The Morgan fingerprint density at radius 3 is 2.16 bits per heavy atom. The number of rotatable bonds is 5. The highest BCUT2D eigenvalue weighted by Crippen LogP contribution is 2.39. The molecule has 176 valence electrons. The van der Waals surface area contributed by atoms with Gasteiger partial charge in [-0.2, -0.15) is 13.2 Å². The van der Waals surface area contributed by atoms with E-state index in [1.165, 1.54) is 11.3 Å². The Hall–Kier alpha value is -1.78. The highest BCUT2D eigenvalue weighted by molar-refractivity contribution is 7.93. The Kier molecular flexibility index (Phi) is 6.63. The third kappa shape index (κ3) is 4.63. The highest BCUT2D eigenvalue weighted by Gasteiger charge is 2.51. The summed E-state index contributed by atoms with van der Waals surface area (Å²) < 4.78 is 69.4. The Morgan fingerprint density at radius 2 is 1.69 bits per heavy atom. The molecule has 0 unspecified atom stereocenters. The van der Waals surface area contributed by atoms with Gasteiger partial charge in [0.25, 0.3) is 0 Å². The number of halogens is 3. The van der Waals surface area contributed by atoms with Crippen LogP contribution < -0.4 is 0 Å². The molecule has 3 rings (SSSR count).